The van der Waals surface area contributed by atoms with E-state index >= 15 is 0 Å². The number of hydrogen-bond acceptors (Lipinski definition) is 4. The van der Waals surface area contributed by atoms with Crippen molar-refractivity contribution in [2.24, 2.45) is 11.1 Å². The maximum absolute atomic E-state index is 12.3. The first-order valence-electron chi connectivity index (χ1n) is 6.84. The number of carbonyl (C=O) groups is 1. The minimum absolute atomic E-state index is 0.336. The summed E-state index contributed by atoms with van der Waals surface area (Å²) in [7, 11) is 0. The highest BCUT2D eigenvalue weighted by Gasteiger charge is 2.60. The summed E-state index contributed by atoms with van der Waals surface area (Å²) in [5.41, 5.74) is 5.60. The minimum atomic E-state index is -1.18. The van der Waals surface area contributed by atoms with Gasteiger partial charge >= 0.3 is 5.97 Å². The second-order valence-electron chi connectivity index (χ2n) is 6.68. The van der Waals surface area contributed by atoms with Crippen LogP contribution in [-0.2, 0) is 14.3 Å². The van der Waals surface area contributed by atoms with E-state index in [-0.39, 0.29) is 5.41 Å². The molecule has 0 saturated carbocycles. The molecule has 0 bridgehead atoms. The Kier molecular flexibility index (Phi) is 3.43. The predicted octanol–water partition coefficient (Wildman–Crippen LogP) is 2.78. The summed E-state index contributed by atoms with van der Waals surface area (Å²) in [6.45, 7) is 9.40. The van der Waals surface area contributed by atoms with Gasteiger partial charge in [-0.2, -0.15) is 0 Å². The van der Waals surface area contributed by atoms with E-state index in [2.05, 4.69) is 0 Å². The number of cyclic esters (lactones) is 1. The van der Waals surface area contributed by atoms with Crippen molar-refractivity contribution in [1.82, 2.24) is 0 Å². The van der Waals surface area contributed by atoms with Crippen LogP contribution in [0.4, 0.5) is 0 Å². The molecule has 1 aliphatic heterocycles. The molecule has 4 nitrogen and oxygen atoms in total. The zero-order chi connectivity index (χ0) is 15.2. The van der Waals surface area contributed by atoms with Gasteiger partial charge in [0, 0.05) is 12.3 Å². The maximum atomic E-state index is 12.3. The van der Waals surface area contributed by atoms with Crippen LogP contribution in [0.1, 0.15) is 46.2 Å². The maximum Gasteiger partial charge on any atom is 0.342 e. The van der Waals surface area contributed by atoms with Crippen molar-refractivity contribution < 1.29 is 14.3 Å². The molecule has 0 aromatic heterocycles. The summed E-state index contributed by atoms with van der Waals surface area (Å²) in [6.07, 6.45) is 0. The number of hydrogen-bond donors (Lipinski definition) is 1. The Morgan fingerprint density at radius 1 is 1.15 bits per heavy atom. The molecule has 1 aromatic rings. The molecule has 2 rings (SSSR count). The molecular weight excluding hydrogens is 254 g/mol. The fourth-order valence-electron chi connectivity index (χ4n) is 2.22. The van der Waals surface area contributed by atoms with Crippen LogP contribution < -0.4 is 5.73 Å². The number of ether oxygens (including phenoxy) is 2. The summed E-state index contributed by atoms with van der Waals surface area (Å²) < 4.78 is 11.6. The zero-order valence-corrected chi connectivity index (χ0v) is 12.8. The quantitative estimate of drug-likeness (QED) is 0.844. The lowest BCUT2D eigenvalue weighted by Crippen LogP contribution is -2.47. The molecule has 1 fully saturated rings. The number of rotatable bonds is 2. The first-order chi connectivity index (χ1) is 9.10. The van der Waals surface area contributed by atoms with Crippen LogP contribution in [0.15, 0.2) is 30.3 Å². The van der Waals surface area contributed by atoms with Gasteiger partial charge in [-0.1, -0.05) is 51.1 Å². The molecule has 0 unspecified atom stereocenters. The van der Waals surface area contributed by atoms with Gasteiger partial charge in [-0.05, 0) is 12.5 Å². The number of esters is 1. The molecule has 110 valence electrons. The van der Waals surface area contributed by atoms with Crippen LogP contribution in [0, 0.1) is 5.41 Å². The molecule has 1 aliphatic rings. The van der Waals surface area contributed by atoms with E-state index in [1.165, 1.54) is 0 Å². The Morgan fingerprint density at radius 3 is 2.15 bits per heavy atom. The average molecular weight is 277 g/mol. The number of carbonyl (C=O) groups excluding carboxylic acids is 1. The van der Waals surface area contributed by atoms with Gasteiger partial charge in [0.05, 0.1) is 6.04 Å². The molecule has 2 N–H and O–H groups in total. The van der Waals surface area contributed by atoms with Crippen molar-refractivity contribution in [2.45, 2.75) is 52.0 Å². The van der Waals surface area contributed by atoms with Gasteiger partial charge in [-0.3, -0.25) is 0 Å². The molecule has 1 heterocycles. The van der Waals surface area contributed by atoms with E-state index in [0.717, 1.165) is 5.56 Å². The highest BCUT2D eigenvalue weighted by Crippen LogP contribution is 2.47. The third-order valence-electron chi connectivity index (χ3n) is 4.21. The molecule has 0 spiro atoms. The van der Waals surface area contributed by atoms with E-state index in [9.17, 15) is 4.79 Å². The van der Waals surface area contributed by atoms with Gasteiger partial charge in [0.1, 0.15) is 0 Å². The lowest BCUT2D eigenvalue weighted by molar-refractivity contribution is -0.232. The van der Waals surface area contributed by atoms with Crippen molar-refractivity contribution in [3.63, 3.8) is 0 Å². The first-order valence-corrected chi connectivity index (χ1v) is 6.84. The van der Waals surface area contributed by atoms with Gasteiger partial charge in [0.2, 0.25) is 5.79 Å². The minimum Gasteiger partial charge on any atom is -0.431 e. The van der Waals surface area contributed by atoms with E-state index in [4.69, 9.17) is 15.2 Å². The Hall–Kier alpha value is -1.39. The monoisotopic (exact) mass is 277 g/mol. The number of nitrogens with two attached hydrogens (primary N) is 1. The standard InChI is InChI=1S/C16H23NO3/c1-14(2,3)16(5)19-13(18)15(4,20-16)12(17)11-9-7-6-8-10-11/h6-10,12H,17H2,1-5H3/t12-,15-,16-/m1/s1. The van der Waals surface area contributed by atoms with Gasteiger partial charge in [-0.25, -0.2) is 4.79 Å². The van der Waals surface area contributed by atoms with E-state index in [0.29, 0.717) is 0 Å². The van der Waals surface area contributed by atoms with E-state index in [1.54, 1.807) is 13.8 Å². The van der Waals surface area contributed by atoms with E-state index < -0.39 is 23.4 Å². The lowest BCUT2D eigenvalue weighted by atomic mass is 9.86. The lowest BCUT2D eigenvalue weighted by Gasteiger charge is -2.37. The summed E-state index contributed by atoms with van der Waals surface area (Å²) in [5.74, 6) is -1.39. The van der Waals surface area contributed by atoms with Crippen molar-refractivity contribution >= 4 is 5.97 Å². The Bertz CT molecular complexity index is 508. The van der Waals surface area contributed by atoms with Crippen molar-refractivity contribution in [3.8, 4) is 0 Å². The fourth-order valence-corrected chi connectivity index (χ4v) is 2.22. The van der Waals surface area contributed by atoms with Crippen LogP contribution in [-0.4, -0.2) is 17.4 Å². The molecule has 3 atom stereocenters. The van der Waals surface area contributed by atoms with Crippen LogP contribution in [0.3, 0.4) is 0 Å². The van der Waals surface area contributed by atoms with Crippen LogP contribution in [0.2, 0.25) is 0 Å². The highest BCUT2D eigenvalue weighted by atomic mass is 16.8. The smallest absolute Gasteiger partial charge is 0.342 e. The Morgan fingerprint density at radius 2 is 1.70 bits per heavy atom. The van der Waals surface area contributed by atoms with E-state index in [1.807, 2.05) is 51.1 Å². The summed E-state index contributed by atoms with van der Waals surface area (Å²) in [5, 5.41) is 0. The summed E-state index contributed by atoms with van der Waals surface area (Å²) >= 11 is 0. The second-order valence-corrected chi connectivity index (χ2v) is 6.68. The molecule has 20 heavy (non-hydrogen) atoms. The summed E-state index contributed by atoms with van der Waals surface area (Å²) in [4.78, 5) is 12.3. The van der Waals surface area contributed by atoms with Gasteiger partial charge < -0.3 is 15.2 Å². The third-order valence-corrected chi connectivity index (χ3v) is 4.21. The molecule has 1 saturated heterocycles. The van der Waals surface area contributed by atoms with Crippen molar-refractivity contribution in [2.75, 3.05) is 0 Å². The summed E-state index contributed by atoms with van der Waals surface area (Å²) in [6, 6.07) is 8.90. The predicted molar refractivity (Wildman–Crippen MR) is 76.8 cm³/mol. The van der Waals surface area contributed by atoms with Gasteiger partial charge in [-0.15, -0.1) is 0 Å². The van der Waals surface area contributed by atoms with Crippen molar-refractivity contribution in [3.05, 3.63) is 35.9 Å². The largest absolute Gasteiger partial charge is 0.431 e. The molecule has 0 radical (unpaired) electrons. The van der Waals surface area contributed by atoms with Crippen LogP contribution in [0.5, 0.6) is 0 Å². The third kappa shape index (κ3) is 2.23. The van der Waals surface area contributed by atoms with Gasteiger partial charge in [0.15, 0.2) is 5.60 Å². The Labute approximate surface area is 120 Å². The Balaban J connectivity index is 2.35. The second kappa shape index (κ2) is 4.57. The number of benzene rings is 1. The normalized spacial score (nSPS) is 32.0. The average Bonchev–Trinajstić information content (AvgIpc) is 2.61. The molecular formula is C16H23NO3. The topological polar surface area (TPSA) is 61.5 Å². The van der Waals surface area contributed by atoms with Crippen LogP contribution in [0.25, 0.3) is 0 Å². The zero-order valence-electron chi connectivity index (χ0n) is 12.8. The fraction of sp³-hybridized carbons (Fsp3) is 0.562. The molecule has 0 amide bonds. The van der Waals surface area contributed by atoms with Gasteiger partial charge in [0.25, 0.3) is 0 Å². The van der Waals surface area contributed by atoms with Crippen molar-refractivity contribution in [1.29, 1.82) is 0 Å². The SMILES string of the molecule is CC(C)(C)[C@]1(C)OC(=O)[C@@](C)([C@H](N)c2ccccc2)O1. The molecule has 0 aliphatic carbocycles. The molecule has 1 aromatic carbocycles. The highest BCUT2D eigenvalue weighted by molar-refractivity contribution is 5.82. The molecule has 4 heteroatoms. The van der Waals surface area contributed by atoms with Crippen LogP contribution >= 0.6 is 0 Å². The first kappa shape index (κ1) is 15.0.